The van der Waals surface area contributed by atoms with Crippen molar-refractivity contribution in [1.29, 1.82) is 0 Å². The van der Waals surface area contributed by atoms with Gasteiger partial charge in [0.1, 0.15) is 11.7 Å². The van der Waals surface area contributed by atoms with Crippen LogP contribution in [0, 0.1) is 28.1 Å². The summed E-state index contributed by atoms with van der Waals surface area (Å²) in [7, 11) is 0. The van der Waals surface area contributed by atoms with Crippen molar-refractivity contribution < 1.29 is 42.4 Å². The summed E-state index contributed by atoms with van der Waals surface area (Å²) in [6.45, 7) is 12.5. The average Bonchev–Trinajstić information content (AvgIpc) is 2.69. The Hall–Kier alpha value is -1.35. The van der Waals surface area contributed by atoms with E-state index in [-0.39, 0.29) is 41.5 Å². The van der Waals surface area contributed by atoms with Gasteiger partial charge >= 0.3 is 18.1 Å². The Balaban J connectivity index is 0. The lowest BCUT2D eigenvalue weighted by Gasteiger charge is -2.64. The summed E-state index contributed by atoms with van der Waals surface area (Å²) < 4.78 is 51.0. The molecule has 4 bridgehead atoms. The van der Waals surface area contributed by atoms with Crippen LogP contribution in [0.25, 0.3) is 0 Å². The fourth-order valence-corrected chi connectivity index (χ4v) is 7.78. The monoisotopic (exact) mass is 612 g/mol. The summed E-state index contributed by atoms with van der Waals surface area (Å²) >= 11 is 0. The Labute approximate surface area is 254 Å². The minimum atomic E-state index is -4.85. The molecule has 6 nitrogen and oxygen atoms in total. The number of halogens is 3. The van der Waals surface area contributed by atoms with Gasteiger partial charge in [0.05, 0.1) is 16.4 Å². The summed E-state index contributed by atoms with van der Waals surface area (Å²) in [6, 6.07) is 0. The van der Waals surface area contributed by atoms with E-state index in [2.05, 4.69) is 0 Å². The quantitative estimate of drug-likeness (QED) is 0.240. The number of carbonyl (C=O) groups excluding carboxylic acids is 2. The number of rotatable bonds is 10. The van der Waals surface area contributed by atoms with Gasteiger partial charge in [0.15, 0.2) is 5.60 Å². The normalized spacial score (nSPS) is 30.1. The van der Waals surface area contributed by atoms with Crippen molar-refractivity contribution in [3.63, 3.8) is 0 Å². The zero-order chi connectivity index (χ0) is 29.2. The molecule has 4 aliphatic rings. The predicted octanol–water partition coefficient (Wildman–Crippen LogP) is 8.65. The van der Waals surface area contributed by atoms with Crippen LogP contribution in [0.3, 0.4) is 0 Å². The highest BCUT2D eigenvalue weighted by molar-refractivity contribution is 5.80. The summed E-state index contributed by atoms with van der Waals surface area (Å²) in [5.41, 5.74) is -6.98. The van der Waals surface area contributed by atoms with Gasteiger partial charge in [0, 0.05) is 11.8 Å². The van der Waals surface area contributed by atoms with E-state index in [1.54, 1.807) is 27.7 Å². The first-order valence-electron chi connectivity index (χ1n) is 13.9. The molecule has 0 spiro atoms. The molecule has 0 amide bonds. The maximum Gasteiger partial charge on any atom is 0.417 e. The van der Waals surface area contributed by atoms with Crippen molar-refractivity contribution in [3.8, 4) is 0 Å². The zero-order valence-corrected chi connectivity index (χ0v) is 24.3. The van der Waals surface area contributed by atoms with Gasteiger partial charge in [-0.05, 0) is 112 Å². The average molecular weight is 613 g/mol. The standard InChI is InChI=1S/C29H47F3O6.4CH4/c1-9-25(7,22(34)37-18(2)11-26(8,36)29(30,31)32)16-23(3,4)21(33)38-28-14-19-10-20(15-28)13-27(12-19,17-28)24(5,6)35;;;;/h18-20,35-36H,9-17H2,1-8H3;4*1H4. The lowest BCUT2D eigenvalue weighted by atomic mass is 9.44. The molecular formula is C33H63F3O6. The smallest absolute Gasteiger partial charge is 0.417 e. The second-order valence-corrected chi connectivity index (χ2v) is 14.5. The highest BCUT2D eigenvalue weighted by Gasteiger charge is 2.64. The zero-order valence-electron chi connectivity index (χ0n) is 24.3. The summed E-state index contributed by atoms with van der Waals surface area (Å²) in [5, 5.41) is 20.8. The third kappa shape index (κ3) is 8.22. The highest BCUT2D eigenvalue weighted by atomic mass is 19.4. The predicted molar refractivity (Wildman–Crippen MR) is 163 cm³/mol. The molecule has 2 N–H and O–H groups in total. The Morgan fingerprint density at radius 2 is 1.36 bits per heavy atom. The van der Waals surface area contributed by atoms with Gasteiger partial charge in [0.2, 0.25) is 0 Å². The van der Waals surface area contributed by atoms with Crippen LogP contribution in [0.4, 0.5) is 13.2 Å². The minimum absolute atomic E-state index is 0. The number of ether oxygens (including phenoxy) is 2. The van der Waals surface area contributed by atoms with Crippen LogP contribution in [0.5, 0.6) is 0 Å². The van der Waals surface area contributed by atoms with Crippen LogP contribution >= 0.6 is 0 Å². The number of aliphatic hydroxyl groups is 2. The summed E-state index contributed by atoms with van der Waals surface area (Å²) in [4.78, 5) is 26.8. The van der Waals surface area contributed by atoms with Crippen LogP contribution in [0.15, 0.2) is 0 Å². The molecule has 0 aromatic heterocycles. The second kappa shape index (κ2) is 13.3. The lowest BCUT2D eigenvalue weighted by Crippen LogP contribution is -2.63. The lowest BCUT2D eigenvalue weighted by molar-refractivity contribution is -0.261. The van der Waals surface area contributed by atoms with Crippen molar-refractivity contribution in [3.05, 3.63) is 0 Å². The van der Waals surface area contributed by atoms with Gasteiger partial charge < -0.3 is 19.7 Å². The highest BCUT2D eigenvalue weighted by Crippen LogP contribution is 2.66. The Kier molecular flexibility index (Phi) is 13.6. The number of hydrogen-bond donors (Lipinski definition) is 2. The van der Waals surface area contributed by atoms with Gasteiger partial charge in [-0.25, -0.2) is 0 Å². The van der Waals surface area contributed by atoms with Gasteiger partial charge in [-0.3, -0.25) is 9.59 Å². The molecule has 252 valence electrons. The molecule has 0 aromatic carbocycles. The topological polar surface area (TPSA) is 93.1 Å². The van der Waals surface area contributed by atoms with Crippen LogP contribution < -0.4 is 0 Å². The van der Waals surface area contributed by atoms with Gasteiger partial charge in [-0.1, -0.05) is 36.6 Å². The molecule has 5 atom stereocenters. The SMILES string of the molecule is C.C.C.C.CCC(C)(CC(C)(C)C(=O)OC12CC3CC(C1)CC(C(C)(C)O)(C3)C2)C(=O)OC(C)CC(C)(O)C(F)(F)F. The number of esters is 2. The van der Waals surface area contributed by atoms with Gasteiger partial charge in [-0.2, -0.15) is 13.2 Å². The van der Waals surface area contributed by atoms with Crippen molar-refractivity contribution in [1.82, 2.24) is 0 Å². The molecule has 4 aliphatic carbocycles. The molecule has 4 saturated carbocycles. The van der Waals surface area contributed by atoms with Gasteiger partial charge in [0.25, 0.3) is 0 Å². The van der Waals surface area contributed by atoms with E-state index in [1.807, 2.05) is 13.8 Å². The molecule has 0 aliphatic heterocycles. The maximum absolute atomic E-state index is 13.6. The summed E-state index contributed by atoms with van der Waals surface area (Å²) in [5.74, 6) is -0.303. The number of hydrogen-bond acceptors (Lipinski definition) is 6. The number of carbonyl (C=O) groups is 2. The molecule has 5 unspecified atom stereocenters. The van der Waals surface area contributed by atoms with E-state index in [4.69, 9.17) is 9.47 Å². The van der Waals surface area contributed by atoms with E-state index in [0.717, 1.165) is 32.1 Å². The van der Waals surface area contributed by atoms with Crippen molar-refractivity contribution in [2.45, 2.75) is 172 Å². The summed E-state index contributed by atoms with van der Waals surface area (Å²) in [6.07, 6.45) is -1.25. The molecular weight excluding hydrogens is 549 g/mol. The molecule has 0 radical (unpaired) electrons. The van der Waals surface area contributed by atoms with E-state index in [9.17, 15) is 33.0 Å². The van der Waals surface area contributed by atoms with E-state index < -0.39 is 58.3 Å². The Morgan fingerprint density at radius 1 is 0.881 bits per heavy atom. The van der Waals surface area contributed by atoms with Crippen LogP contribution in [-0.4, -0.2) is 51.2 Å². The molecule has 0 aromatic rings. The van der Waals surface area contributed by atoms with Crippen molar-refractivity contribution in [2.75, 3.05) is 0 Å². The van der Waals surface area contributed by atoms with Crippen LogP contribution in [0.1, 0.15) is 143 Å². The number of alkyl halides is 3. The first-order chi connectivity index (χ1) is 17.0. The fourth-order valence-electron chi connectivity index (χ4n) is 7.78. The van der Waals surface area contributed by atoms with Crippen molar-refractivity contribution >= 4 is 11.9 Å². The van der Waals surface area contributed by atoms with Crippen LogP contribution in [0.2, 0.25) is 0 Å². The Morgan fingerprint density at radius 3 is 1.76 bits per heavy atom. The molecule has 4 rings (SSSR count). The second-order valence-electron chi connectivity index (χ2n) is 14.5. The van der Waals surface area contributed by atoms with Gasteiger partial charge in [-0.15, -0.1) is 0 Å². The first-order valence-corrected chi connectivity index (χ1v) is 13.9. The third-order valence-corrected chi connectivity index (χ3v) is 9.88. The molecule has 42 heavy (non-hydrogen) atoms. The fraction of sp³-hybridized carbons (Fsp3) is 0.939. The minimum Gasteiger partial charge on any atom is -0.462 e. The van der Waals surface area contributed by atoms with Crippen LogP contribution in [-0.2, 0) is 19.1 Å². The maximum atomic E-state index is 13.6. The van der Waals surface area contributed by atoms with E-state index in [1.165, 1.54) is 6.92 Å². The largest absolute Gasteiger partial charge is 0.462 e. The Bertz CT molecular complexity index is 906. The molecule has 9 heteroatoms. The van der Waals surface area contributed by atoms with E-state index in [0.29, 0.717) is 31.6 Å². The van der Waals surface area contributed by atoms with E-state index >= 15 is 0 Å². The molecule has 0 saturated heterocycles. The molecule has 0 heterocycles. The van der Waals surface area contributed by atoms with Crippen molar-refractivity contribution in [2.24, 2.45) is 28.1 Å². The third-order valence-electron chi connectivity index (χ3n) is 9.88. The molecule has 4 fully saturated rings. The first kappa shape index (κ1) is 42.8.